The van der Waals surface area contributed by atoms with E-state index >= 15 is 0 Å². The zero-order valence-corrected chi connectivity index (χ0v) is 15.1. The van der Waals surface area contributed by atoms with Crippen LogP contribution in [0, 0.1) is 11.8 Å². The van der Waals surface area contributed by atoms with E-state index in [1.165, 1.54) is 24.8 Å². The summed E-state index contributed by atoms with van der Waals surface area (Å²) in [5, 5.41) is 3.49. The summed E-state index contributed by atoms with van der Waals surface area (Å²) in [5.41, 5.74) is 7.15. The number of benzene rings is 1. The van der Waals surface area contributed by atoms with Gasteiger partial charge < -0.3 is 11.1 Å². The molecule has 1 aromatic carbocycles. The first kappa shape index (κ1) is 17.8. The van der Waals surface area contributed by atoms with Crippen LogP contribution in [0.25, 0.3) is 0 Å². The molecule has 4 heteroatoms. The molecule has 2 bridgehead atoms. The second kappa shape index (κ2) is 7.05. The topological polar surface area (TPSA) is 55.1 Å². The summed E-state index contributed by atoms with van der Waals surface area (Å²) in [7, 11) is 0. The average Bonchev–Trinajstić information content (AvgIpc) is 2.48. The largest absolute Gasteiger partial charge is 0.352 e. The van der Waals surface area contributed by atoms with Crippen LogP contribution >= 0.6 is 12.4 Å². The Bertz CT molecular complexity index is 558. The van der Waals surface area contributed by atoms with Crippen LogP contribution in [0.1, 0.15) is 56.9 Å². The van der Waals surface area contributed by atoms with Gasteiger partial charge in [-0.05, 0) is 55.9 Å². The maximum absolute atomic E-state index is 13.2. The molecule has 3 saturated carbocycles. The van der Waals surface area contributed by atoms with Crippen LogP contribution in [0.3, 0.4) is 0 Å². The highest BCUT2D eigenvalue weighted by atomic mass is 35.5. The van der Waals surface area contributed by atoms with Crippen molar-refractivity contribution in [3.8, 4) is 0 Å². The fraction of sp³-hybridized carbons (Fsp3) is 0.650. The second-order valence-corrected chi connectivity index (χ2v) is 7.98. The lowest BCUT2D eigenvalue weighted by Crippen LogP contribution is -2.59. The van der Waals surface area contributed by atoms with Gasteiger partial charge in [-0.15, -0.1) is 12.4 Å². The molecule has 24 heavy (non-hydrogen) atoms. The first-order chi connectivity index (χ1) is 11.2. The van der Waals surface area contributed by atoms with Crippen molar-refractivity contribution in [1.82, 2.24) is 5.32 Å². The number of hydrogen-bond acceptors (Lipinski definition) is 2. The highest BCUT2D eigenvalue weighted by molar-refractivity contribution is 5.89. The minimum Gasteiger partial charge on any atom is -0.352 e. The lowest BCUT2D eigenvalue weighted by atomic mass is 9.62. The van der Waals surface area contributed by atoms with E-state index in [-0.39, 0.29) is 23.7 Å². The van der Waals surface area contributed by atoms with Gasteiger partial charge in [0, 0.05) is 12.1 Å². The molecule has 1 aromatic rings. The Hall–Kier alpha value is -1.06. The molecular formula is C20H29ClN2O. The molecule has 3 fully saturated rings. The quantitative estimate of drug-likeness (QED) is 0.877. The number of halogens is 1. The summed E-state index contributed by atoms with van der Waals surface area (Å²) >= 11 is 0. The molecule has 0 heterocycles. The molecule has 0 saturated heterocycles. The first-order valence-corrected chi connectivity index (χ1v) is 9.31. The van der Waals surface area contributed by atoms with Crippen LogP contribution in [-0.2, 0) is 10.2 Å². The van der Waals surface area contributed by atoms with Gasteiger partial charge in [-0.25, -0.2) is 0 Å². The smallest absolute Gasteiger partial charge is 0.230 e. The molecule has 0 aliphatic heterocycles. The average molecular weight is 349 g/mol. The maximum Gasteiger partial charge on any atom is 0.230 e. The van der Waals surface area contributed by atoms with Gasteiger partial charge in [0.2, 0.25) is 5.91 Å². The summed E-state index contributed by atoms with van der Waals surface area (Å²) in [6.07, 6.45) is 9.07. The van der Waals surface area contributed by atoms with Crippen molar-refractivity contribution in [2.75, 3.05) is 0 Å². The Morgan fingerprint density at radius 2 is 1.67 bits per heavy atom. The predicted molar refractivity (Wildman–Crippen MR) is 99.2 cm³/mol. The normalized spacial score (nSPS) is 33.7. The summed E-state index contributed by atoms with van der Waals surface area (Å²) in [6.45, 7) is 0. The van der Waals surface area contributed by atoms with Crippen LogP contribution in [0.2, 0.25) is 0 Å². The van der Waals surface area contributed by atoms with Crippen molar-refractivity contribution >= 4 is 18.3 Å². The zero-order valence-electron chi connectivity index (χ0n) is 14.2. The van der Waals surface area contributed by atoms with Gasteiger partial charge in [-0.2, -0.15) is 0 Å². The number of hydrogen-bond donors (Lipinski definition) is 2. The SMILES string of the molecule is Cl.NC1CC2CCCC(C1)C2NC(=O)C1(c2ccccc2)CCC1. The van der Waals surface area contributed by atoms with Crippen LogP contribution < -0.4 is 11.1 Å². The van der Waals surface area contributed by atoms with E-state index in [0.29, 0.717) is 23.9 Å². The number of nitrogens with two attached hydrogens (primary N) is 1. The maximum atomic E-state index is 13.2. The number of nitrogens with one attached hydrogen (secondary N) is 1. The van der Waals surface area contributed by atoms with Gasteiger partial charge >= 0.3 is 0 Å². The molecule has 4 rings (SSSR count). The van der Waals surface area contributed by atoms with Crippen molar-refractivity contribution in [2.45, 2.75) is 68.9 Å². The van der Waals surface area contributed by atoms with E-state index in [9.17, 15) is 4.79 Å². The number of carbonyl (C=O) groups is 1. The third kappa shape index (κ3) is 2.97. The summed E-state index contributed by atoms with van der Waals surface area (Å²) in [6, 6.07) is 11.1. The van der Waals surface area contributed by atoms with Crippen LogP contribution in [0.5, 0.6) is 0 Å². The molecule has 3 N–H and O–H groups in total. The molecule has 2 atom stereocenters. The number of fused-ring (bicyclic) bond motifs is 2. The van der Waals surface area contributed by atoms with E-state index in [1.807, 2.05) is 6.07 Å². The van der Waals surface area contributed by atoms with Crippen molar-refractivity contribution in [1.29, 1.82) is 0 Å². The Balaban J connectivity index is 0.00000169. The highest BCUT2D eigenvalue weighted by Crippen LogP contribution is 2.45. The molecule has 1 amide bonds. The van der Waals surface area contributed by atoms with Crippen molar-refractivity contribution in [2.24, 2.45) is 17.6 Å². The zero-order chi connectivity index (χ0) is 15.9. The highest BCUT2D eigenvalue weighted by Gasteiger charge is 2.48. The minimum atomic E-state index is -0.269. The summed E-state index contributed by atoms with van der Waals surface area (Å²) < 4.78 is 0. The molecule has 0 radical (unpaired) electrons. The van der Waals surface area contributed by atoms with Gasteiger partial charge in [0.1, 0.15) is 0 Å². The molecule has 2 unspecified atom stereocenters. The van der Waals surface area contributed by atoms with E-state index in [0.717, 1.165) is 32.1 Å². The monoisotopic (exact) mass is 348 g/mol. The molecule has 0 aromatic heterocycles. The number of carbonyl (C=O) groups excluding carboxylic acids is 1. The molecule has 132 valence electrons. The van der Waals surface area contributed by atoms with Gasteiger partial charge in [0.05, 0.1) is 5.41 Å². The Morgan fingerprint density at radius 3 is 2.21 bits per heavy atom. The van der Waals surface area contributed by atoms with Gasteiger partial charge in [0.15, 0.2) is 0 Å². The van der Waals surface area contributed by atoms with Gasteiger partial charge in [0.25, 0.3) is 0 Å². The van der Waals surface area contributed by atoms with E-state index < -0.39 is 0 Å². The van der Waals surface area contributed by atoms with E-state index in [4.69, 9.17) is 5.73 Å². The van der Waals surface area contributed by atoms with Crippen molar-refractivity contribution in [3.05, 3.63) is 35.9 Å². The van der Waals surface area contributed by atoms with Gasteiger partial charge in [-0.1, -0.05) is 43.2 Å². The third-order valence-electron chi connectivity index (χ3n) is 6.64. The summed E-state index contributed by atoms with van der Waals surface area (Å²) in [5.74, 6) is 1.45. The third-order valence-corrected chi connectivity index (χ3v) is 6.64. The Morgan fingerprint density at radius 1 is 1.04 bits per heavy atom. The lowest BCUT2D eigenvalue weighted by molar-refractivity contribution is -0.132. The fourth-order valence-corrected chi connectivity index (χ4v) is 5.25. The molecular weight excluding hydrogens is 320 g/mol. The standard InChI is InChI=1S/C20H28N2O.ClH/c21-17-12-14-6-4-7-15(13-17)18(14)22-19(23)20(10-5-11-20)16-8-2-1-3-9-16;/h1-3,8-9,14-15,17-18H,4-7,10-13,21H2,(H,22,23);1H. The minimum absolute atomic E-state index is 0. The lowest BCUT2D eigenvalue weighted by Gasteiger charge is -2.48. The van der Waals surface area contributed by atoms with E-state index in [1.54, 1.807) is 0 Å². The van der Waals surface area contributed by atoms with Crippen LogP contribution in [0.4, 0.5) is 0 Å². The van der Waals surface area contributed by atoms with Crippen molar-refractivity contribution < 1.29 is 4.79 Å². The first-order valence-electron chi connectivity index (χ1n) is 9.31. The number of amides is 1. The molecule has 0 spiro atoms. The van der Waals surface area contributed by atoms with Crippen molar-refractivity contribution in [3.63, 3.8) is 0 Å². The Kier molecular flexibility index (Phi) is 5.22. The van der Waals surface area contributed by atoms with Gasteiger partial charge in [-0.3, -0.25) is 4.79 Å². The fourth-order valence-electron chi connectivity index (χ4n) is 5.25. The van der Waals surface area contributed by atoms with Crippen LogP contribution in [-0.4, -0.2) is 18.0 Å². The predicted octanol–water partition coefficient (Wildman–Crippen LogP) is 3.55. The molecule has 3 aliphatic carbocycles. The van der Waals surface area contributed by atoms with E-state index in [2.05, 4.69) is 29.6 Å². The Labute approximate surface area is 151 Å². The second-order valence-electron chi connectivity index (χ2n) is 7.98. The molecule has 3 aliphatic rings. The molecule has 3 nitrogen and oxygen atoms in total. The number of rotatable bonds is 3. The summed E-state index contributed by atoms with van der Waals surface area (Å²) in [4.78, 5) is 13.2. The van der Waals surface area contributed by atoms with Crippen LogP contribution in [0.15, 0.2) is 30.3 Å².